The number of hydrogen-bond acceptors (Lipinski definition) is 3. The SMILES string of the molecule is O=C(CC(O)CC(=O)N1CCc2ccccc2C1)NCc1cc(C(F)(F)F)ccc1F. The number of benzene rings is 2. The summed E-state index contributed by atoms with van der Waals surface area (Å²) in [6.45, 7) is 0.491. The van der Waals surface area contributed by atoms with Gasteiger partial charge < -0.3 is 15.3 Å². The molecule has 9 heteroatoms. The van der Waals surface area contributed by atoms with E-state index in [1.807, 2.05) is 24.3 Å². The number of nitrogens with zero attached hydrogens (tertiary/aromatic N) is 1. The Morgan fingerprint density at radius 1 is 1.10 bits per heavy atom. The normalized spacial score (nSPS) is 14.7. The number of amides is 2. The summed E-state index contributed by atoms with van der Waals surface area (Å²) in [5, 5.41) is 12.4. The summed E-state index contributed by atoms with van der Waals surface area (Å²) in [7, 11) is 0. The number of aliphatic hydroxyl groups excluding tert-OH is 1. The fourth-order valence-electron chi connectivity index (χ4n) is 3.48. The molecule has 1 atom stereocenters. The van der Waals surface area contributed by atoms with E-state index in [2.05, 4.69) is 5.32 Å². The first kappa shape index (κ1) is 22.7. The monoisotopic (exact) mass is 438 g/mol. The van der Waals surface area contributed by atoms with Crippen molar-refractivity contribution in [2.45, 2.75) is 44.6 Å². The van der Waals surface area contributed by atoms with Gasteiger partial charge in [0.05, 0.1) is 24.5 Å². The molecule has 1 heterocycles. The molecule has 166 valence electrons. The molecule has 1 aliphatic heterocycles. The lowest BCUT2D eigenvalue weighted by molar-refractivity contribution is -0.138. The molecule has 5 nitrogen and oxygen atoms in total. The van der Waals surface area contributed by atoms with Gasteiger partial charge in [-0.25, -0.2) is 4.39 Å². The topological polar surface area (TPSA) is 69.6 Å². The molecule has 2 N–H and O–H groups in total. The lowest BCUT2D eigenvalue weighted by atomic mass is 9.99. The minimum atomic E-state index is -4.63. The van der Waals surface area contributed by atoms with E-state index in [1.165, 1.54) is 5.56 Å². The van der Waals surface area contributed by atoms with Crippen molar-refractivity contribution in [1.82, 2.24) is 10.2 Å². The van der Waals surface area contributed by atoms with Crippen molar-refractivity contribution in [2.75, 3.05) is 6.54 Å². The molecule has 0 aromatic heterocycles. The van der Waals surface area contributed by atoms with E-state index in [0.29, 0.717) is 37.7 Å². The van der Waals surface area contributed by atoms with E-state index in [4.69, 9.17) is 0 Å². The minimum Gasteiger partial charge on any atom is -0.392 e. The summed E-state index contributed by atoms with van der Waals surface area (Å²) < 4.78 is 52.0. The second-order valence-electron chi connectivity index (χ2n) is 7.48. The van der Waals surface area contributed by atoms with Crippen LogP contribution in [0.4, 0.5) is 17.6 Å². The number of nitrogens with one attached hydrogen (secondary N) is 1. The van der Waals surface area contributed by atoms with Gasteiger partial charge in [0, 0.05) is 25.2 Å². The van der Waals surface area contributed by atoms with Crippen molar-refractivity contribution < 1.29 is 32.3 Å². The van der Waals surface area contributed by atoms with E-state index in [9.17, 15) is 32.3 Å². The van der Waals surface area contributed by atoms with E-state index in [1.54, 1.807) is 4.90 Å². The molecule has 2 aromatic carbocycles. The average Bonchev–Trinajstić information content (AvgIpc) is 2.71. The summed E-state index contributed by atoms with van der Waals surface area (Å²) in [6.07, 6.45) is -5.85. The Morgan fingerprint density at radius 3 is 2.52 bits per heavy atom. The molecule has 31 heavy (non-hydrogen) atoms. The summed E-state index contributed by atoms with van der Waals surface area (Å²) in [5.41, 5.74) is 0.873. The maximum absolute atomic E-state index is 13.7. The Hall–Kier alpha value is -2.94. The van der Waals surface area contributed by atoms with Crippen LogP contribution in [-0.2, 0) is 35.3 Å². The zero-order valence-electron chi connectivity index (χ0n) is 16.6. The summed E-state index contributed by atoms with van der Waals surface area (Å²) in [5.74, 6) is -1.87. The molecule has 0 saturated carbocycles. The van der Waals surface area contributed by atoms with Crippen LogP contribution in [-0.4, -0.2) is 34.5 Å². The number of hydrogen-bond donors (Lipinski definition) is 2. The average molecular weight is 438 g/mol. The molecule has 1 aliphatic rings. The van der Waals surface area contributed by atoms with Crippen LogP contribution in [0.3, 0.4) is 0 Å². The van der Waals surface area contributed by atoms with Gasteiger partial charge in [0.2, 0.25) is 11.8 Å². The van der Waals surface area contributed by atoms with Crippen LogP contribution < -0.4 is 5.32 Å². The first-order valence-corrected chi connectivity index (χ1v) is 9.78. The molecule has 0 spiro atoms. The molecule has 2 amide bonds. The van der Waals surface area contributed by atoms with Crippen molar-refractivity contribution in [3.63, 3.8) is 0 Å². The predicted molar refractivity (Wildman–Crippen MR) is 104 cm³/mol. The second-order valence-corrected chi connectivity index (χ2v) is 7.48. The maximum Gasteiger partial charge on any atom is 0.416 e. The maximum atomic E-state index is 13.7. The molecule has 0 radical (unpaired) electrons. The molecular weight excluding hydrogens is 416 g/mol. The van der Waals surface area contributed by atoms with Crippen LogP contribution in [0, 0.1) is 5.82 Å². The first-order chi connectivity index (χ1) is 14.6. The first-order valence-electron chi connectivity index (χ1n) is 9.78. The zero-order valence-corrected chi connectivity index (χ0v) is 16.6. The van der Waals surface area contributed by atoms with Crippen molar-refractivity contribution in [1.29, 1.82) is 0 Å². The van der Waals surface area contributed by atoms with Crippen molar-refractivity contribution in [2.24, 2.45) is 0 Å². The minimum absolute atomic E-state index is 0.256. The van der Waals surface area contributed by atoms with Crippen LogP contribution in [0.15, 0.2) is 42.5 Å². The molecular formula is C22H22F4N2O3. The Kier molecular flexibility index (Phi) is 6.94. The Labute approximate surface area is 176 Å². The van der Waals surface area contributed by atoms with Gasteiger partial charge in [-0.15, -0.1) is 0 Å². The van der Waals surface area contributed by atoms with Crippen LogP contribution in [0.1, 0.15) is 35.1 Å². The Bertz CT molecular complexity index is 962. The van der Waals surface area contributed by atoms with Crippen LogP contribution in [0.2, 0.25) is 0 Å². The summed E-state index contributed by atoms with van der Waals surface area (Å²) in [4.78, 5) is 26.0. The Balaban J connectivity index is 1.48. The summed E-state index contributed by atoms with van der Waals surface area (Å²) in [6, 6.07) is 9.70. The standard InChI is InChI=1S/C22H22F4N2O3/c23-19-6-5-17(22(24,25)26)9-16(19)12-27-20(30)10-18(29)11-21(31)28-8-7-14-3-1-2-4-15(14)13-28/h1-6,9,18,29H,7-8,10-13H2,(H,27,30). The van der Waals surface area contributed by atoms with Gasteiger partial charge in [0.25, 0.3) is 0 Å². The van der Waals surface area contributed by atoms with Crippen LogP contribution >= 0.6 is 0 Å². The van der Waals surface area contributed by atoms with Gasteiger partial charge in [0.15, 0.2) is 0 Å². The van der Waals surface area contributed by atoms with Gasteiger partial charge >= 0.3 is 6.18 Å². The molecule has 2 aromatic rings. The lowest BCUT2D eigenvalue weighted by Gasteiger charge is -2.29. The van der Waals surface area contributed by atoms with Crippen molar-refractivity contribution in [3.05, 3.63) is 70.5 Å². The fraction of sp³-hybridized carbons (Fsp3) is 0.364. The highest BCUT2D eigenvalue weighted by molar-refractivity contribution is 5.80. The largest absolute Gasteiger partial charge is 0.416 e. The number of alkyl halides is 3. The van der Waals surface area contributed by atoms with Crippen molar-refractivity contribution in [3.8, 4) is 0 Å². The molecule has 3 rings (SSSR count). The number of halogens is 4. The smallest absolute Gasteiger partial charge is 0.392 e. The Morgan fingerprint density at radius 2 is 1.81 bits per heavy atom. The number of aliphatic hydroxyl groups is 1. The van der Waals surface area contributed by atoms with E-state index >= 15 is 0 Å². The summed E-state index contributed by atoms with van der Waals surface area (Å²) >= 11 is 0. The van der Waals surface area contributed by atoms with Gasteiger partial charge in [-0.05, 0) is 35.7 Å². The van der Waals surface area contributed by atoms with E-state index in [-0.39, 0.29) is 17.9 Å². The molecule has 0 bridgehead atoms. The van der Waals surface area contributed by atoms with E-state index < -0.39 is 42.5 Å². The van der Waals surface area contributed by atoms with Crippen LogP contribution in [0.25, 0.3) is 0 Å². The molecule has 0 saturated heterocycles. The highest BCUT2D eigenvalue weighted by Crippen LogP contribution is 2.30. The highest BCUT2D eigenvalue weighted by atomic mass is 19.4. The van der Waals surface area contributed by atoms with E-state index in [0.717, 1.165) is 5.56 Å². The number of rotatable bonds is 6. The lowest BCUT2D eigenvalue weighted by Crippen LogP contribution is -2.38. The molecule has 0 aliphatic carbocycles. The second kappa shape index (κ2) is 9.47. The number of fused-ring (bicyclic) bond motifs is 1. The zero-order chi connectivity index (χ0) is 22.6. The number of carbonyl (C=O) groups is 2. The van der Waals surface area contributed by atoms with Gasteiger partial charge in [-0.2, -0.15) is 13.2 Å². The fourth-order valence-corrected chi connectivity index (χ4v) is 3.48. The number of carbonyl (C=O) groups excluding carboxylic acids is 2. The van der Waals surface area contributed by atoms with Crippen molar-refractivity contribution >= 4 is 11.8 Å². The van der Waals surface area contributed by atoms with Crippen LogP contribution in [0.5, 0.6) is 0 Å². The third-order valence-electron chi connectivity index (χ3n) is 5.16. The predicted octanol–water partition coefficient (Wildman–Crippen LogP) is 3.19. The molecule has 1 unspecified atom stereocenters. The van der Waals surface area contributed by atoms with Gasteiger partial charge in [-0.3, -0.25) is 9.59 Å². The third-order valence-corrected chi connectivity index (χ3v) is 5.16. The van der Waals surface area contributed by atoms with Gasteiger partial charge in [0.1, 0.15) is 5.82 Å². The highest BCUT2D eigenvalue weighted by Gasteiger charge is 2.31. The third kappa shape index (κ3) is 6.04. The quantitative estimate of drug-likeness (QED) is 0.681. The molecule has 0 fully saturated rings. The van der Waals surface area contributed by atoms with Gasteiger partial charge in [-0.1, -0.05) is 24.3 Å².